The minimum atomic E-state index is 0.220. The molecule has 0 spiro atoms. The van der Waals surface area contributed by atoms with Crippen molar-refractivity contribution in [3.8, 4) is 0 Å². The van der Waals surface area contributed by atoms with Crippen LogP contribution in [-0.2, 0) is 5.41 Å². The number of hydrogen-bond acceptors (Lipinski definition) is 0. The lowest BCUT2D eigenvalue weighted by atomic mass is 9.86. The van der Waals surface area contributed by atoms with E-state index in [-0.39, 0.29) is 5.41 Å². The predicted octanol–water partition coefficient (Wildman–Crippen LogP) is 4.96. The average Bonchev–Trinajstić information content (AvgIpc) is 2.17. The van der Waals surface area contributed by atoms with E-state index < -0.39 is 0 Å². The van der Waals surface area contributed by atoms with Crippen molar-refractivity contribution in [3.05, 3.63) is 53.6 Å². The quantitative estimate of drug-likeness (QED) is 0.610. The first-order valence-electron chi connectivity index (χ1n) is 5.77. The topological polar surface area (TPSA) is 0 Å². The summed E-state index contributed by atoms with van der Waals surface area (Å²) in [6.45, 7) is 14.8. The average molecular weight is 214 g/mol. The van der Waals surface area contributed by atoms with E-state index in [1.807, 2.05) is 6.08 Å². The van der Waals surface area contributed by atoms with Crippen LogP contribution in [0, 0.1) is 0 Å². The zero-order valence-electron chi connectivity index (χ0n) is 11.1. The van der Waals surface area contributed by atoms with Gasteiger partial charge in [0.25, 0.3) is 0 Å². The third-order valence-electron chi connectivity index (χ3n) is 2.80. The molecule has 0 radical (unpaired) electrons. The summed E-state index contributed by atoms with van der Waals surface area (Å²) in [7, 11) is 0. The van der Waals surface area contributed by atoms with Gasteiger partial charge in [0.05, 0.1) is 0 Å². The van der Waals surface area contributed by atoms with Gasteiger partial charge >= 0.3 is 0 Å². The van der Waals surface area contributed by atoms with Crippen LogP contribution >= 0.6 is 0 Å². The Morgan fingerprint density at radius 3 is 1.88 bits per heavy atom. The van der Waals surface area contributed by atoms with Crippen molar-refractivity contribution in [2.75, 3.05) is 0 Å². The molecule has 0 unspecified atom stereocenters. The molecule has 0 saturated carbocycles. The molecule has 0 amide bonds. The molecule has 1 aromatic carbocycles. The minimum Gasteiger partial charge on any atom is -0.0985 e. The van der Waals surface area contributed by atoms with E-state index in [1.54, 1.807) is 0 Å². The summed E-state index contributed by atoms with van der Waals surface area (Å²) < 4.78 is 0. The van der Waals surface area contributed by atoms with Gasteiger partial charge < -0.3 is 0 Å². The summed E-state index contributed by atoms with van der Waals surface area (Å²) in [4.78, 5) is 0. The fourth-order valence-electron chi connectivity index (χ4n) is 1.76. The molecule has 0 atom stereocenters. The van der Waals surface area contributed by atoms with Gasteiger partial charge in [-0.2, -0.15) is 0 Å². The van der Waals surface area contributed by atoms with Crippen molar-refractivity contribution in [3.63, 3.8) is 0 Å². The van der Waals surface area contributed by atoms with Gasteiger partial charge in [-0.3, -0.25) is 0 Å². The highest BCUT2D eigenvalue weighted by molar-refractivity contribution is 5.75. The Morgan fingerprint density at radius 2 is 1.56 bits per heavy atom. The first-order valence-corrected chi connectivity index (χ1v) is 5.77. The molecule has 0 nitrogen and oxygen atoms in total. The van der Waals surface area contributed by atoms with Crippen molar-refractivity contribution >= 4 is 5.57 Å². The van der Waals surface area contributed by atoms with Crippen molar-refractivity contribution in [1.29, 1.82) is 0 Å². The molecule has 0 aliphatic rings. The standard InChI is InChI=1S/C16H22/c1-7-15(12(2)3)13-8-10-14(11-9-13)16(4,5)6/h7-11H,1H2,2-6H3. The fourth-order valence-corrected chi connectivity index (χ4v) is 1.76. The summed E-state index contributed by atoms with van der Waals surface area (Å²) >= 11 is 0. The molecule has 0 heterocycles. The van der Waals surface area contributed by atoms with E-state index >= 15 is 0 Å². The Bertz CT molecular complexity index is 393. The van der Waals surface area contributed by atoms with Gasteiger partial charge in [-0.1, -0.05) is 63.3 Å². The summed E-state index contributed by atoms with van der Waals surface area (Å²) in [6.07, 6.45) is 1.93. The fraction of sp³-hybridized carbons (Fsp3) is 0.375. The molecular weight excluding hydrogens is 192 g/mol. The smallest absolute Gasteiger partial charge is 0.0132 e. The zero-order chi connectivity index (χ0) is 12.3. The van der Waals surface area contributed by atoms with Gasteiger partial charge in [0.15, 0.2) is 0 Å². The van der Waals surface area contributed by atoms with Crippen LogP contribution in [0.5, 0.6) is 0 Å². The summed E-state index contributed by atoms with van der Waals surface area (Å²) in [5.41, 5.74) is 5.38. The molecule has 1 rings (SSSR count). The molecule has 0 heteroatoms. The van der Waals surface area contributed by atoms with Gasteiger partial charge in [0, 0.05) is 0 Å². The lowest BCUT2D eigenvalue weighted by Gasteiger charge is -2.19. The van der Waals surface area contributed by atoms with Crippen LogP contribution in [-0.4, -0.2) is 0 Å². The Labute approximate surface area is 99.7 Å². The molecule has 0 fully saturated rings. The number of rotatable bonds is 2. The second kappa shape index (κ2) is 4.69. The second-order valence-electron chi connectivity index (χ2n) is 5.45. The van der Waals surface area contributed by atoms with E-state index in [4.69, 9.17) is 0 Å². The Kier molecular flexibility index (Phi) is 3.74. The van der Waals surface area contributed by atoms with E-state index in [0.717, 1.165) is 0 Å². The van der Waals surface area contributed by atoms with Crippen LogP contribution in [0.1, 0.15) is 45.7 Å². The number of hydrogen-bond donors (Lipinski definition) is 0. The molecule has 16 heavy (non-hydrogen) atoms. The minimum absolute atomic E-state index is 0.220. The van der Waals surface area contributed by atoms with Gasteiger partial charge in [-0.05, 0) is 36.0 Å². The predicted molar refractivity (Wildman–Crippen MR) is 73.6 cm³/mol. The second-order valence-corrected chi connectivity index (χ2v) is 5.45. The van der Waals surface area contributed by atoms with Crippen molar-refractivity contribution < 1.29 is 0 Å². The molecule has 0 saturated heterocycles. The molecule has 86 valence electrons. The van der Waals surface area contributed by atoms with Crippen molar-refractivity contribution in [2.24, 2.45) is 0 Å². The highest BCUT2D eigenvalue weighted by Crippen LogP contribution is 2.25. The highest BCUT2D eigenvalue weighted by atomic mass is 14.2. The van der Waals surface area contributed by atoms with Gasteiger partial charge in [-0.15, -0.1) is 0 Å². The zero-order valence-corrected chi connectivity index (χ0v) is 11.1. The maximum Gasteiger partial charge on any atom is -0.0132 e. The molecule has 0 bridgehead atoms. The van der Waals surface area contributed by atoms with Crippen LogP contribution in [0.4, 0.5) is 0 Å². The summed E-state index contributed by atoms with van der Waals surface area (Å²) in [5.74, 6) is 0. The largest absolute Gasteiger partial charge is 0.0985 e. The highest BCUT2D eigenvalue weighted by Gasteiger charge is 2.13. The molecule has 0 aromatic heterocycles. The monoisotopic (exact) mass is 214 g/mol. The van der Waals surface area contributed by atoms with E-state index in [9.17, 15) is 0 Å². The maximum atomic E-state index is 3.87. The summed E-state index contributed by atoms with van der Waals surface area (Å²) in [6, 6.07) is 8.79. The first-order chi connectivity index (χ1) is 7.36. The molecular formula is C16H22. The molecule has 0 N–H and O–H groups in total. The summed E-state index contributed by atoms with van der Waals surface area (Å²) in [5, 5.41) is 0. The van der Waals surface area contributed by atoms with E-state index in [0.29, 0.717) is 0 Å². The number of allylic oxidation sites excluding steroid dienone is 3. The molecule has 0 aliphatic carbocycles. The van der Waals surface area contributed by atoms with Gasteiger partial charge in [0.1, 0.15) is 0 Å². The maximum absolute atomic E-state index is 3.87. The van der Waals surface area contributed by atoms with Crippen LogP contribution in [0.25, 0.3) is 5.57 Å². The normalized spacial score (nSPS) is 11.1. The Hall–Kier alpha value is -1.30. The van der Waals surface area contributed by atoms with Crippen LogP contribution < -0.4 is 0 Å². The van der Waals surface area contributed by atoms with Crippen molar-refractivity contribution in [1.82, 2.24) is 0 Å². The SMILES string of the molecule is C=CC(=C(C)C)c1ccc(C(C)(C)C)cc1. The lowest BCUT2D eigenvalue weighted by Crippen LogP contribution is -2.10. The van der Waals surface area contributed by atoms with Crippen molar-refractivity contribution in [2.45, 2.75) is 40.0 Å². The Balaban J connectivity index is 3.14. The Morgan fingerprint density at radius 1 is 1.06 bits per heavy atom. The van der Waals surface area contributed by atoms with Crippen LogP contribution in [0.3, 0.4) is 0 Å². The van der Waals surface area contributed by atoms with E-state index in [1.165, 1.54) is 22.3 Å². The lowest BCUT2D eigenvalue weighted by molar-refractivity contribution is 0.590. The van der Waals surface area contributed by atoms with Crippen LogP contribution in [0.2, 0.25) is 0 Å². The molecule has 0 aliphatic heterocycles. The number of benzene rings is 1. The van der Waals surface area contributed by atoms with Crippen LogP contribution in [0.15, 0.2) is 42.5 Å². The molecule has 1 aromatic rings. The van der Waals surface area contributed by atoms with Gasteiger partial charge in [0.2, 0.25) is 0 Å². The van der Waals surface area contributed by atoms with Gasteiger partial charge in [-0.25, -0.2) is 0 Å². The first kappa shape index (κ1) is 12.8. The third kappa shape index (κ3) is 2.85. The van der Waals surface area contributed by atoms with E-state index in [2.05, 4.69) is 65.5 Å². The third-order valence-corrected chi connectivity index (χ3v) is 2.80.